The SMILES string of the molecule is COc1cccc(COP(Oc2ccccc2C(C)(C)C)Oc2ccccc2C(C)(C)C)c1OP(Oc1ccccc1C(C)(C)C)Oc1ccccc1C(C)(C)C. The lowest BCUT2D eigenvalue weighted by Crippen LogP contribution is -2.15. The van der Waals surface area contributed by atoms with Crippen LogP contribution in [-0.2, 0) is 32.8 Å². The topological polar surface area (TPSA) is 64.6 Å². The van der Waals surface area contributed by atoms with Gasteiger partial charge in [0.1, 0.15) is 23.0 Å². The molecule has 0 aromatic heterocycles. The van der Waals surface area contributed by atoms with Crippen LogP contribution in [0.3, 0.4) is 0 Å². The van der Waals surface area contributed by atoms with Gasteiger partial charge in [-0.1, -0.05) is 168 Å². The molecule has 0 amide bonds. The van der Waals surface area contributed by atoms with Gasteiger partial charge in [-0.15, -0.1) is 0 Å². The Balaban J connectivity index is 1.54. The predicted octanol–water partition coefficient (Wildman–Crippen LogP) is 14.6. The van der Waals surface area contributed by atoms with E-state index in [0.717, 1.165) is 22.3 Å². The van der Waals surface area contributed by atoms with E-state index in [9.17, 15) is 0 Å². The zero-order chi connectivity index (χ0) is 41.6. The summed E-state index contributed by atoms with van der Waals surface area (Å²) in [5.41, 5.74) is 4.11. The number of rotatable bonds is 14. The van der Waals surface area contributed by atoms with Crippen molar-refractivity contribution < 1.29 is 31.9 Å². The van der Waals surface area contributed by atoms with Crippen molar-refractivity contribution in [3.8, 4) is 34.5 Å². The first-order valence-corrected chi connectivity index (χ1v) is 21.6. The van der Waals surface area contributed by atoms with Gasteiger partial charge >= 0.3 is 17.2 Å². The van der Waals surface area contributed by atoms with E-state index in [1.165, 1.54) is 0 Å². The molecule has 0 aliphatic heterocycles. The summed E-state index contributed by atoms with van der Waals surface area (Å²) in [5.74, 6) is 3.70. The molecule has 0 aliphatic rings. The third kappa shape index (κ3) is 11.7. The smallest absolute Gasteiger partial charge is 0.493 e. The maximum Gasteiger partial charge on any atom is 0.530 e. The van der Waals surface area contributed by atoms with Crippen LogP contribution in [0.2, 0.25) is 0 Å². The Morgan fingerprint density at radius 3 is 1.02 bits per heavy atom. The molecule has 5 aromatic carbocycles. The van der Waals surface area contributed by atoms with E-state index in [1.54, 1.807) is 7.11 Å². The highest BCUT2D eigenvalue weighted by Crippen LogP contribution is 2.52. The molecule has 0 atom stereocenters. The molecule has 57 heavy (non-hydrogen) atoms. The van der Waals surface area contributed by atoms with E-state index in [-0.39, 0.29) is 28.3 Å². The Hall–Kier alpha value is -4.28. The second-order valence-corrected chi connectivity index (χ2v) is 20.2. The molecule has 0 spiro atoms. The molecule has 0 saturated heterocycles. The van der Waals surface area contributed by atoms with E-state index < -0.39 is 17.2 Å². The molecule has 0 aliphatic carbocycles. The lowest BCUT2D eigenvalue weighted by Gasteiger charge is -2.28. The fourth-order valence-corrected chi connectivity index (χ4v) is 8.38. The number of para-hydroxylation sites is 5. The van der Waals surface area contributed by atoms with Crippen LogP contribution >= 0.6 is 17.2 Å². The summed E-state index contributed by atoms with van der Waals surface area (Å²) >= 11 is 0. The van der Waals surface area contributed by atoms with Gasteiger partial charge in [0.15, 0.2) is 11.5 Å². The van der Waals surface area contributed by atoms with Crippen LogP contribution in [-0.4, -0.2) is 7.11 Å². The first-order chi connectivity index (χ1) is 26.8. The van der Waals surface area contributed by atoms with Crippen molar-refractivity contribution in [1.82, 2.24) is 0 Å². The molecular weight excluding hydrogens is 750 g/mol. The van der Waals surface area contributed by atoms with Crippen molar-refractivity contribution in [2.24, 2.45) is 0 Å². The van der Waals surface area contributed by atoms with Crippen LogP contribution < -0.4 is 27.4 Å². The van der Waals surface area contributed by atoms with Gasteiger partial charge in [-0.3, -0.25) is 4.52 Å². The number of hydrogen-bond donors (Lipinski definition) is 0. The van der Waals surface area contributed by atoms with Gasteiger partial charge in [-0.25, -0.2) is 0 Å². The second-order valence-electron chi connectivity index (χ2n) is 18.1. The average molecular weight is 811 g/mol. The number of benzene rings is 5. The highest BCUT2D eigenvalue weighted by Gasteiger charge is 2.31. The summed E-state index contributed by atoms with van der Waals surface area (Å²) in [6.07, 6.45) is 0. The molecule has 9 heteroatoms. The largest absolute Gasteiger partial charge is 0.530 e. The van der Waals surface area contributed by atoms with E-state index in [1.807, 2.05) is 91.0 Å². The van der Waals surface area contributed by atoms with Gasteiger partial charge in [-0.05, 0) is 52.0 Å². The van der Waals surface area contributed by atoms with Gasteiger partial charge in [0.05, 0.1) is 13.7 Å². The first kappa shape index (κ1) is 43.8. The summed E-state index contributed by atoms with van der Waals surface area (Å²) in [5, 5.41) is 0. The molecule has 7 nitrogen and oxygen atoms in total. The van der Waals surface area contributed by atoms with Crippen molar-refractivity contribution in [3.63, 3.8) is 0 Å². The molecule has 0 N–H and O–H groups in total. The highest BCUT2D eigenvalue weighted by molar-refractivity contribution is 7.43. The summed E-state index contributed by atoms with van der Waals surface area (Å²) in [7, 11) is -2.45. The van der Waals surface area contributed by atoms with Gasteiger partial charge in [0.2, 0.25) is 0 Å². The predicted molar refractivity (Wildman–Crippen MR) is 235 cm³/mol. The van der Waals surface area contributed by atoms with Gasteiger partial charge in [0.25, 0.3) is 0 Å². The van der Waals surface area contributed by atoms with Crippen molar-refractivity contribution in [2.45, 2.75) is 111 Å². The Morgan fingerprint density at radius 2 is 0.684 bits per heavy atom. The summed E-state index contributed by atoms with van der Waals surface area (Å²) < 4.78 is 46.3. The minimum atomic E-state index is -2.09. The summed E-state index contributed by atoms with van der Waals surface area (Å²) in [4.78, 5) is 0. The molecule has 0 radical (unpaired) electrons. The number of ether oxygens (including phenoxy) is 1. The Kier molecular flexibility index (Phi) is 13.9. The third-order valence-corrected chi connectivity index (χ3v) is 11.3. The van der Waals surface area contributed by atoms with E-state index in [0.29, 0.717) is 40.1 Å². The van der Waals surface area contributed by atoms with Crippen molar-refractivity contribution in [3.05, 3.63) is 143 Å². The van der Waals surface area contributed by atoms with Crippen LogP contribution in [0.25, 0.3) is 0 Å². The highest BCUT2D eigenvalue weighted by atomic mass is 31.2. The minimum absolute atomic E-state index is 0.0773. The van der Waals surface area contributed by atoms with Crippen molar-refractivity contribution in [1.29, 1.82) is 0 Å². The normalized spacial score (nSPS) is 12.4. The first-order valence-electron chi connectivity index (χ1n) is 19.4. The summed E-state index contributed by atoms with van der Waals surface area (Å²) in [6.45, 7) is 26.0. The Morgan fingerprint density at radius 1 is 0.368 bits per heavy atom. The van der Waals surface area contributed by atoms with Crippen LogP contribution in [0, 0.1) is 0 Å². The van der Waals surface area contributed by atoms with Crippen molar-refractivity contribution in [2.75, 3.05) is 7.11 Å². The lowest BCUT2D eigenvalue weighted by molar-refractivity contribution is 0.250. The molecule has 5 aromatic rings. The van der Waals surface area contributed by atoms with E-state index in [2.05, 4.69) is 107 Å². The molecule has 0 unspecified atom stereocenters. The maximum absolute atomic E-state index is 6.85. The Labute approximate surface area is 344 Å². The molecule has 5 rings (SSSR count). The second kappa shape index (κ2) is 18.1. The van der Waals surface area contributed by atoms with Crippen LogP contribution in [0.1, 0.15) is 111 Å². The van der Waals surface area contributed by atoms with Gasteiger partial charge in [0, 0.05) is 27.8 Å². The zero-order valence-electron chi connectivity index (χ0n) is 35.9. The van der Waals surface area contributed by atoms with Crippen LogP contribution in [0.4, 0.5) is 0 Å². The third-order valence-electron chi connectivity index (χ3n) is 9.24. The molecular formula is C48H60O7P2. The van der Waals surface area contributed by atoms with E-state index in [4.69, 9.17) is 31.9 Å². The average Bonchev–Trinajstić information content (AvgIpc) is 3.13. The fourth-order valence-electron chi connectivity index (χ4n) is 6.25. The van der Waals surface area contributed by atoms with Gasteiger partial charge in [-0.2, -0.15) is 0 Å². The quantitative estimate of drug-likeness (QED) is 0.104. The zero-order valence-corrected chi connectivity index (χ0v) is 37.7. The molecule has 0 saturated carbocycles. The molecule has 0 heterocycles. The monoisotopic (exact) mass is 810 g/mol. The van der Waals surface area contributed by atoms with Crippen LogP contribution in [0.15, 0.2) is 115 Å². The minimum Gasteiger partial charge on any atom is -0.493 e. The number of methoxy groups -OCH3 is 1. The van der Waals surface area contributed by atoms with Crippen LogP contribution in [0.5, 0.6) is 34.5 Å². The van der Waals surface area contributed by atoms with Crippen molar-refractivity contribution >= 4 is 17.2 Å². The van der Waals surface area contributed by atoms with E-state index >= 15 is 0 Å². The molecule has 304 valence electrons. The number of hydrogen-bond acceptors (Lipinski definition) is 7. The van der Waals surface area contributed by atoms with Gasteiger partial charge < -0.3 is 27.4 Å². The summed E-state index contributed by atoms with van der Waals surface area (Å²) in [6, 6.07) is 37.8. The fraction of sp³-hybridized carbons (Fsp3) is 0.375. The lowest BCUT2D eigenvalue weighted by atomic mass is 9.86. The Bertz CT molecular complexity index is 1970. The maximum atomic E-state index is 6.85. The molecule has 0 bridgehead atoms. The standard InChI is InChI=1S/C48H60O7P2/c1-45(2,3)35-24-14-18-28-39(35)51-56(52-40-29-19-15-25-36(40)46(4,5)6)50-33-34-23-22-32-43(49-13)44(34)55-57(53-41-30-20-16-26-37(41)47(7,8)9)54-42-31-21-17-27-38(42)48(10,11)12/h14-32H,33H2,1-13H3. The molecule has 0 fully saturated rings.